The van der Waals surface area contributed by atoms with Crippen molar-refractivity contribution < 1.29 is 13.8 Å². The van der Waals surface area contributed by atoms with Gasteiger partial charge >= 0.3 is 0 Å². The monoisotopic (exact) mass is 299 g/mol. The van der Waals surface area contributed by atoms with E-state index in [-0.39, 0.29) is 17.6 Å². The van der Waals surface area contributed by atoms with Gasteiger partial charge in [0.25, 0.3) is 5.91 Å². The van der Waals surface area contributed by atoms with Crippen LogP contribution in [0.1, 0.15) is 36.9 Å². The Morgan fingerprint density at radius 1 is 1.18 bits per heavy atom. The Morgan fingerprint density at radius 3 is 2.68 bits per heavy atom. The molecule has 1 N–H and O–H groups in total. The number of para-hydroxylation sites is 1. The van der Waals surface area contributed by atoms with Gasteiger partial charge in [-0.2, -0.15) is 4.57 Å². The lowest BCUT2D eigenvalue weighted by Gasteiger charge is -2.15. The van der Waals surface area contributed by atoms with Crippen LogP contribution in [0.4, 0.5) is 10.1 Å². The van der Waals surface area contributed by atoms with Crippen molar-refractivity contribution in [3.05, 3.63) is 59.7 Å². The van der Waals surface area contributed by atoms with Gasteiger partial charge in [-0.15, -0.1) is 0 Å². The second-order valence-electron chi connectivity index (χ2n) is 5.79. The first-order chi connectivity index (χ1) is 10.6. The number of aryl methyl sites for hydroxylation is 2. The molecule has 0 bridgehead atoms. The summed E-state index contributed by atoms with van der Waals surface area (Å²) in [7, 11) is 0. The minimum atomic E-state index is -0.418. The van der Waals surface area contributed by atoms with Gasteiger partial charge in [-0.1, -0.05) is 12.1 Å². The Kier molecular flexibility index (Phi) is 4.18. The molecule has 114 valence electrons. The van der Waals surface area contributed by atoms with Crippen molar-refractivity contribution in [1.29, 1.82) is 0 Å². The molecule has 2 aromatic rings. The van der Waals surface area contributed by atoms with Gasteiger partial charge in [-0.05, 0) is 43.4 Å². The van der Waals surface area contributed by atoms with E-state index >= 15 is 0 Å². The van der Waals surface area contributed by atoms with E-state index < -0.39 is 5.82 Å². The summed E-state index contributed by atoms with van der Waals surface area (Å²) in [5.41, 5.74) is 2.92. The molecule has 0 aliphatic heterocycles. The van der Waals surface area contributed by atoms with Crippen LogP contribution in [0, 0.1) is 5.82 Å². The fourth-order valence-electron chi connectivity index (χ4n) is 2.86. The highest BCUT2D eigenvalue weighted by molar-refractivity contribution is 5.92. The number of nitrogens with one attached hydrogen (secondary N) is 1. The Morgan fingerprint density at radius 2 is 1.91 bits per heavy atom. The third-order valence-corrected chi connectivity index (χ3v) is 4.27. The van der Waals surface area contributed by atoms with Crippen LogP contribution in [0.25, 0.3) is 0 Å². The fourth-order valence-corrected chi connectivity index (χ4v) is 2.86. The van der Waals surface area contributed by atoms with Crippen molar-refractivity contribution in [2.24, 2.45) is 0 Å². The Labute approximate surface area is 129 Å². The molecule has 1 atom stereocenters. The van der Waals surface area contributed by atoms with Crippen molar-refractivity contribution in [2.45, 2.75) is 38.6 Å². The number of benzene rings is 1. The van der Waals surface area contributed by atoms with E-state index in [9.17, 15) is 9.18 Å². The number of aromatic nitrogens is 1. The van der Waals surface area contributed by atoms with Crippen molar-refractivity contribution in [3.8, 4) is 0 Å². The number of pyridine rings is 1. The van der Waals surface area contributed by atoms with Crippen molar-refractivity contribution in [1.82, 2.24) is 0 Å². The number of rotatable bonds is 3. The third kappa shape index (κ3) is 3.01. The van der Waals surface area contributed by atoms with Gasteiger partial charge in [0.1, 0.15) is 5.82 Å². The topological polar surface area (TPSA) is 33.0 Å². The lowest BCUT2D eigenvalue weighted by molar-refractivity contribution is -0.706. The molecule has 1 aromatic heterocycles. The molecule has 3 nitrogen and oxygen atoms in total. The van der Waals surface area contributed by atoms with Crippen LogP contribution in [-0.4, -0.2) is 5.91 Å². The second kappa shape index (κ2) is 6.26. The first kappa shape index (κ1) is 14.7. The molecular formula is C18H20FN2O+. The summed E-state index contributed by atoms with van der Waals surface area (Å²) < 4.78 is 15.5. The van der Waals surface area contributed by atoms with Gasteiger partial charge in [-0.3, -0.25) is 4.79 Å². The summed E-state index contributed by atoms with van der Waals surface area (Å²) in [5, 5.41) is 2.65. The lowest BCUT2D eigenvalue weighted by atomic mass is 9.93. The minimum absolute atomic E-state index is 0.217. The molecule has 1 heterocycles. The summed E-state index contributed by atoms with van der Waals surface area (Å²) in [6.45, 7) is 1.82. The molecule has 0 saturated carbocycles. The molecule has 1 amide bonds. The van der Waals surface area contributed by atoms with Crippen LogP contribution in [0.5, 0.6) is 0 Å². The molecule has 1 aliphatic carbocycles. The Hall–Kier alpha value is -2.23. The number of anilines is 1. The Bertz CT molecular complexity index is 699. The Balaban J connectivity index is 1.77. The number of hydrogen-bond donors (Lipinski definition) is 1. The number of halogens is 1. The van der Waals surface area contributed by atoms with Gasteiger partial charge < -0.3 is 5.32 Å². The predicted octanol–water partition coefficient (Wildman–Crippen LogP) is 3.19. The number of hydrogen-bond acceptors (Lipinski definition) is 1. The van der Waals surface area contributed by atoms with Crippen LogP contribution in [0.15, 0.2) is 42.7 Å². The molecule has 0 saturated heterocycles. The maximum absolute atomic E-state index is 13.6. The van der Waals surface area contributed by atoms with Crippen molar-refractivity contribution in [2.75, 3.05) is 5.32 Å². The van der Waals surface area contributed by atoms with Gasteiger partial charge in [0.05, 0.1) is 5.69 Å². The zero-order chi connectivity index (χ0) is 15.5. The van der Waals surface area contributed by atoms with Crippen molar-refractivity contribution >= 4 is 11.6 Å². The number of nitrogens with zero attached hydrogens (tertiary/aromatic N) is 1. The zero-order valence-electron chi connectivity index (χ0n) is 12.7. The summed E-state index contributed by atoms with van der Waals surface area (Å²) in [6, 6.07) is 7.93. The quantitative estimate of drug-likeness (QED) is 0.868. The van der Waals surface area contributed by atoms with Crippen LogP contribution < -0.4 is 9.88 Å². The molecule has 0 fully saturated rings. The minimum Gasteiger partial charge on any atom is -0.318 e. The maximum Gasteiger partial charge on any atom is 0.293 e. The number of carbonyl (C=O) groups is 1. The lowest BCUT2D eigenvalue weighted by Crippen LogP contribution is -2.44. The highest BCUT2D eigenvalue weighted by atomic mass is 19.1. The maximum atomic E-state index is 13.6. The third-order valence-electron chi connectivity index (χ3n) is 4.27. The van der Waals surface area contributed by atoms with Crippen LogP contribution in [0.2, 0.25) is 0 Å². The molecule has 3 rings (SSSR count). The average Bonchev–Trinajstić information content (AvgIpc) is 2.55. The number of carbonyl (C=O) groups excluding carboxylic acids is 1. The van der Waals surface area contributed by atoms with E-state index in [1.165, 1.54) is 30.0 Å². The molecule has 0 unspecified atom stereocenters. The SMILES string of the molecule is C[C@H](C(=O)Nc1ccccc1F)[n+]1ccc2c(c1)CCCC2. The van der Waals surface area contributed by atoms with Gasteiger partial charge in [0.15, 0.2) is 12.4 Å². The number of fused-ring (bicyclic) bond motifs is 1. The van der Waals surface area contributed by atoms with Crippen LogP contribution >= 0.6 is 0 Å². The van der Waals surface area contributed by atoms with E-state index in [2.05, 4.69) is 17.6 Å². The van der Waals surface area contributed by atoms with E-state index in [4.69, 9.17) is 0 Å². The van der Waals surface area contributed by atoms with E-state index in [1.807, 2.05) is 17.7 Å². The fraction of sp³-hybridized carbons (Fsp3) is 0.333. The predicted molar refractivity (Wildman–Crippen MR) is 83.0 cm³/mol. The molecule has 4 heteroatoms. The van der Waals surface area contributed by atoms with E-state index in [0.717, 1.165) is 12.8 Å². The van der Waals surface area contributed by atoms with E-state index in [0.29, 0.717) is 0 Å². The standard InChI is InChI=1S/C18H19FN2O/c1-13(18(22)20-17-9-5-4-8-16(17)19)21-11-10-14-6-2-3-7-15(14)12-21/h4-5,8-13H,2-3,6-7H2,1H3/p+1/t13-/m1/s1. The van der Waals surface area contributed by atoms with Gasteiger partial charge in [0.2, 0.25) is 6.04 Å². The highest BCUT2D eigenvalue weighted by Gasteiger charge is 2.24. The molecule has 1 aromatic carbocycles. The van der Waals surface area contributed by atoms with Gasteiger partial charge in [0, 0.05) is 18.6 Å². The molecular weight excluding hydrogens is 279 g/mol. The largest absolute Gasteiger partial charge is 0.318 e. The molecule has 22 heavy (non-hydrogen) atoms. The summed E-state index contributed by atoms with van der Waals surface area (Å²) in [6.07, 6.45) is 8.62. The molecule has 1 aliphatic rings. The van der Waals surface area contributed by atoms with E-state index in [1.54, 1.807) is 18.2 Å². The first-order valence-electron chi connectivity index (χ1n) is 7.73. The van der Waals surface area contributed by atoms with Crippen LogP contribution in [0.3, 0.4) is 0 Å². The summed E-state index contributed by atoms with van der Waals surface area (Å²) in [4.78, 5) is 12.3. The van der Waals surface area contributed by atoms with Crippen molar-refractivity contribution in [3.63, 3.8) is 0 Å². The van der Waals surface area contributed by atoms with Crippen LogP contribution in [-0.2, 0) is 17.6 Å². The summed E-state index contributed by atoms with van der Waals surface area (Å²) in [5.74, 6) is -0.635. The highest BCUT2D eigenvalue weighted by Crippen LogP contribution is 2.19. The average molecular weight is 299 g/mol. The molecule has 0 radical (unpaired) electrons. The summed E-state index contributed by atoms with van der Waals surface area (Å²) >= 11 is 0. The smallest absolute Gasteiger partial charge is 0.293 e. The zero-order valence-corrected chi connectivity index (χ0v) is 12.7. The van der Waals surface area contributed by atoms with Gasteiger partial charge in [-0.25, -0.2) is 4.39 Å². The molecule has 0 spiro atoms. The number of amides is 1. The normalized spacial score (nSPS) is 15.0. The second-order valence-corrected chi connectivity index (χ2v) is 5.79. The first-order valence-corrected chi connectivity index (χ1v) is 7.73.